The van der Waals surface area contributed by atoms with Gasteiger partial charge in [-0.05, 0) is 33.5 Å². The Balaban J connectivity index is 2.97. The number of pyridine rings is 1. The van der Waals surface area contributed by atoms with Crippen molar-refractivity contribution in [1.29, 1.82) is 5.41 Å². The minimum absolute atomic E-state index is 0.224. The Labute approximate surface area is 98.5 Å². The average Bonchev–Trinajstić information content (AvgIpc) is 2.19. The van der Waals surface area contributed by atoms with Crippen molar-refractivity contribution in [3.8, 4) is 0 Å². The third-order valence-corrected chi connectivity index (χ3v) is 2.46. The van der Waals surface area contributed by atoms with E-state index in [1.54, 1.807) is 11.1 Å². The highest BCUT2D eigenvalue weighted by Gasteiger charge is 2.07. The number of halogens is 1. The Kier molecular flexibility index (Phi) is 4.03. The molecule has 0 saturated heterocycles. The highest BCUT2D eigenvalue weighted by atomic mass is 79.9. The number of nitrogens with zero attached hydrogens (tertiary/aromatic N) is 2. The summed E-state index contributed by atoms with van der Waals surface area (Å²) in [5.74, 6) is 1.16. The van der Waals surface area contributed by atoms with Crippen LogP contribution in [-0.2, 0) is 0 Å². The van der Waals surface area contributed by atoms with E-state index in [1.807, 2.05) is 18.3 Å². The average molecular weight is 268 g/mol. The van der Waals surface area contributed by atoms with Crippen molar-refractivity contribution in [2.24, 2.45) is 0 Å². The Morgan fingerprint density at radius 1 is 1.60 bits per heavy atom. The molecule has 1 aromatic rings. The molecule has 0 fully saturated rings. The molecule has 0 saturated carbocycles. The molecule has 1 heterocycles. The van der Waals surface area contributed by atoms with Crippen LogP contribution in [0.5, 0.6) is 0 Å². The molecule has 1 aromatic heterocycles. The summed E-state index contributed by atoms with van der Waals surface area (Å²) >= 11 is 3.08. The number of aromatic nitrogens is 1. The van der Waals surface area contributed by atoms with Gasteiger partial charge in [0, 0.05) is 12.4 Å². The van der Waals surface area contributed by atoms with E-state index in [9.17, 15) is 0 Å². The van der Waals surface area contributed by atoms with Crippen molar-refractivity contribution in [2.75, 3.05) is 4.90 Å². The van der Waals surface area contributed by atoms with Crippen molar-refractivity contribution in [2.45, 2.75) is 19.8 Å². The Morgan fingerprint density at radius 3 is 2.60 bits per heavy atom. The first-order chi connectivity index (χ1) is 7.06. The second kappa shape index (κ2) is 5.07. The van der Waals surface area contributed by atoms with E-state index < -0.39 is 0 Å². The van der Waals surface area contributed by atoms with Crippen molar-refractivity contribution >= 4 is 26.5 Å². The van der Waals surface area contributed by atoms with E-state index in [1.165, 1.54) is 5.56 Å². The normalized spacial score (nSPS) is 10.1. The Hall–Kier alpha value is -1.16. The Morgan fingerprint density at radius 2 is 2.27 bits per heavy atom. The second-order valence-electron chi connectivity index (χ2n) is 3.45. The van der Waals surface area contributed by atoms with Gasteiger partial charge in [-0.1, -0.05) is 26.5 Å². The molecule has 0 atom stereocenters. The van der Waals surface area contributed by atoms with E-state index in [0.717, 1.165) is 0 Å². The standard InChI is InChI=1S/C11H14BrN3/c1-4-15(11(12)13)10-6-5-9(7-14-10)8(2)3/h4-8,13H,1H2,2-3H3. The fraction of sp³-hybridized carbons (Fsp3) is 0.273. The summed E-state index contributed by atoms with van der Waals surface area (Å²) in [5, 5.41) is 7.46. The quantitative estimate of drug-likeness (QED) is 0.518. The lowest BCUT2D eigenvalue weighted by Gasteiger charge is -2.16. The predicted molar refractivity (Wildman–Crippen MR) is 67.7 cm³/mol. The molecule has 4 heteroatoms. The zero-order valence-electron chi connectivity index (χ0n) is 8.87. The van der Waals surface area contributed by atoms with Crippen LogP contribution in [0.1, 0.15) is 25.3 Å². The van der Waals surface area contributed by atoms with Crippen LogP contribution in [0.4, 0.5) is 5.82 Å². The van der Waals surface area contributed by atoms with Crippen LogP contribution < -0.4 is 4.90 Å². The van der Waals surface area contributed by atoms with Gasteiger partial charge < -0.3 is 0 Å². The molecule has 0 aromatic carbocycles. The first-order valence-corrected chi connectivity index (χ1v) is 5.47. The minimum Gasteiger partial charge on any atom is -0.281 e. The molecule has 0 radical (unpaired) electrons. The fourth-order valence-electron chi connectivity index (χ4n) is 1.16. The predicted octanol–water partition coefficient (Wildman–Crippen LogP) is 3.48. The number of amidine groups is 1. The van der Waals surface area contributed by atoms with Gasteiger partial charge >= 0.3 is 0 Å². The largest absolute Gasteiger partial charge is 0.281 e. The molecule has 1 rings (SSSR count). The molecule has 1 N–H and O–H groups in total. The summed E-state index contributed by atoms with van der Waals surface area (Å²) in [6.07, 6.45) is 3.38. The molecule has 80 valence electrons. The zero-order chi connectivity index (χ0) is 11.4. The number of hydrogen-bond acceptors (Lipinski definition) is 2. The summed E-state index contributed by atoms with van der Waals surface area (Å²) in [6, 6.07) is 3.90. The van der Waals surface area contributed by atoms with Gasteiger partial charge in [0.25, 0.3) is 0 Å². The molecule has 0 aliphatic heterocycles. The minimum atomic E-state index is 0.224. The smallest absolute Gasteiger partial charge is 0.175 e. The maximum atomic E-state index is 7.46. The lowest BCUT2D eigenvalue weighted by molar-refractivity contribution is 0.858. The van der Waals surface area contributed by atoms with Gasteiger partial charge in [-0.15, -0.1) is 0 Å². The Bertz CT molecular complexity index is 357. The summed E-state index contributed by atoms with van der Waals surface area (Å²) < 4.78 is 0.224. The number of nitrogens with one attached hydrogen (secondary N) is 1. The SMILES string of the molecule is C=CN(C(=N)Br)c1ccc(C(C)C)cn1. The number of rotatable bonds is 3. The van der Waals surface area contributed by atoms with E-state index in [4.69, 9.17) is 5.41 Å². The third-order valence-electron chi connectivity index (χ3n) is 2.08. The van der Waals surface area contributed by atoms with Gasteiger partial charge in [-0.3, -0.25) is 10.3 Å². The van der Waals surface area contributed by atoms with Crippen molar-refractivity contribution in [3.05, 3.63) is 36.7 Å². The van der Waals surface area contributed by atoms with Crippen LogP contribution in [0.2, 0.25) is 0 Å². The fourth-order valence-corrected chi connectivity index (χ4v) is 1.48. The van der Waals surface area contributed by atoms with Crippen molar-refractivity contribution in [1.82, 2.24) is 4.98 Å². The van der Waals surface area contributed by atoms with Gasteiger partial charge in [-0.2, -0.15) is 0 Å². The first-order valence-electron chi connectivity index (χ1n) is 4.68. The molecule has 15 heavy (non-hydrogen) atoms. The van der Waals surface area contributed by atoms with Crippen LogP contribution in [-0.4, -0.2) is 9.73 Å². The summed E-state index contributed by atoms with van der Waals surface area (Å²) in [5.41, 5.74) is 1.18. The zero-order valence-corrected chi connectivity index (χ0v) is 10.5. The van der Waals surface area contributed by atoms with Gasteiger partial charge in [0.2, 0.25) is 0 Å². The van der Waals surface area contributed by atoms with Crippen LogP contribution >= 0.6 is 15.9 Å². The highest BCUT2D eigenvalue weighted by molar-refractivity contribution is 9.18. The van der Waals surface area contributed by atoms with E-state index in [2.05, 4.69) is 41.3 Å². The van der Waals surface area contributed by atoms with E-state index in [-0.39, 0.29) is 4.74 Å². The lowest BCUT2D eigenvalue weighted by atomic mass is 10.1. The van der Waals surface area contributed by atoms with Gasteiger partial charge in [0.1, 0.15) is 5.82 Å². The van der Waals surface area contributed by atoms with Gasteiger partial charge in [0.05, 0.1) is 0 Å². The maximum absolute atomic E-state index is 7.46. The third kappa shape index (κ3) is 2.89. The maximum Gasteiger partial charge on any atom is 0.175 e. The second-order valence-corrected chi connectivity index (χ2v) is 4.20. The van der Waals surface area contributed by atoms with Crippen LogP contribution in [0.3, 0.4) is 0 Å². The molecule has 0 aliphatic carbocycles. The van der Waals surface area contributed by atoms with Crippen LogP contribution in [0, 0.1) is 5.41 Å². The van der Waals surface area contributed by atoms with Crippen LogP contribution in [0.25, 0.3) is 0 Å². The molecular formula is C11H14BrN3. The van der Waals surface area contributed by atoms with E-state index in [0.29, 0.717) is 11.7 Å². The molecular weight excluding hydrogens is 254 g/mol. The molecule has 3 nitrogen and oxygen atoms in total. The van der Waals surface area contributed by atoms with Crippen LogP contribution in [0.15, 0.2) is 31.1 Å². The van der Waals surface area contributed by atoms with Crippen molar-refractivity contribution < 1.29 is 0 Å². The van der Waals surface area contributed by atoms with Gasteiger partial charge in [0.15, 0.2) is 4.74 Å². The van der Waals surface area contributed by atoms with Crippen molar-refractivity contribution in [3.63, 3.8) is 0 Å². The monoisotopic (exact) mass is 267 g/mol. The molecule has 0 bridgehead atoms. The first kappa shape index (κ1) is 11.9. The highest BCUT2D eigenvalue weighted by Crippen LogP contribution is 2.18. The molecule has 0 amide bonds. The lowest BCUT2D eigenvalue weighted by Crippen LogP contribution is -2.19. The number of anilines is 1. The molecule has 0 spiro atoms. The molecule has 0 aliphatic rings. The van der Waals surface area contributed by atoms with Gasteiger partial charge in [-0.25, -0.2) is 4.98 Å². The summed E-state index contributed by atoms with van der Waals surface area (Å²) in [6.45, 7) is 7.87. The topological polar surface area (TPSA) is 40.0 Å². The summed E-state index contributed by atoms with van der Waals surface area (Å²) in [4.78, 5) is 5.84. The van der Waals surface area contributed by atoms with E-state index >= 15 is 0 Å². The molecule has 0 unspecified atom stereocenters. The number of hydrogen-bond donors (Lipinski definition) is 1. The summed E-state index contributed by atoms with van der Waals surface area (Å²) in [7, 11) is 0.